The molecule has 1 heterocycles. The van der Waals surface area contributed by atoms with Gasteiger partial charge in [-0.25, -0.2) is 4.39 Å². The first-order chi connectivity index (χ1) is 11.3. The molecule has 0 aliphatic rings. The molecule has 0 radical (unpaired) electrons. The molecule has 3 aromatic rings. The molecule has 3 nitrogen and oxygen atoms in total. The van der Waals surface area contributed by atoms with Crippen LogP contribution >= 0.6 is 0 Å². The van der Waals surface area contributed by atoms with Gasteiger partial charge in [0.2, 0.25) is 5.91 Å². The summed E-state index contributed by atoms with van der Waals surface area (Å²) in [5.41, 5.74) is 6.69. The lowest BCUT2D eigenvalue weighted by Crippen LogP contribution is -2.16. The van der Waals surface area contributed by atoms with Gasteiger partial charge < -0.3 is 10.3 Å². The highest BCUT2D eigenvalue weighted by Gasteiger charge is 2.15. The van der Waals surface area contributed by atoms with Crippen molar-refractivity contribution in [1.82, 2.24) is 4.98 Å². The van der Waals surface area contributed by atoms with Crippen molar-refractivity contribution in [2.24, 2.45) is 0 Å². The molecule has 0 bridgehead atoms. The van der Waals surface area contributed by atoms with Gasteiger partial charge in [-0.1, -0.05) is 17.7 Å². The molecule has 0 atom stereocenters. The number of halogens is 1. The van der Waals surface area contributed by atoms with Crippen molar-refractivity contribution in [3.63, 3.8) is 0 Å². The van der Waals surface area contributed by atoms with E-state index in [-0.39, 0.29) is 18.1 Å². The zero-order valence-electron chi connectivity index (χ0n) is 14.4. The van der Waals surface area contributed by atoms with Crippen molar-refractivity contribution in [3.05, 3.63) is 64.1 Å². The number of aromatic amines is 1. The molecule has 0 saturated carbocycles. The number of aryl methyl sites for hydroxylation is 4. The number of carbonyl (C=O) groups is 1. The summed E-state index contributed by atoms with van der Waals surface area (Å²) in [6.45, 7) is 7.92. The van der Waals surface area contributed by atoms with Crippen LogP contribution in [0.5, 0.6) is 0 Å². The highest BCUT2D eigenvalue weighted by atomic mass is 19.1. The average molecular weight is 324 g/mol. The highest BCUT2D eigenvalue weighted by molar-refractivity contribution is 5.97. The smallest absolute Gasteiger partial charge is 0.228 e. The number of benzene rings is 2. The largest absolute Gasteiger partial charge is 0.358 e. The SMILES string of the molecule is Cc1cc(C)c(NC(=O)Cc2c(C)[nH]c3ccc(F)cc23)c(C)c1. The summed E-state index contributed by atoms with van der Waals surface area (Å²) in [5.74, 6) is -0.397. The van der Waals surface area contributed by atoms with E-state index in [0.29, 0.717) is 0 Å². The van der Waals surface area contributed by atoms with Crippen LogP contribution in [-0.4, -0.2) is 10.9 Å². The van der Waals surface area contributed by atoms with Gasteiger partial charge in [0.05, 0.1) is 6.42 Å². The number of H-pyrrole nitrogens is 1. The van der Waals surface area contributed by atoms with E-state index >= 15 is 0 Å². The number of hydrogen-bond acceptors (Lipinski definition) is 1. The molecule has 1 amide bonds. The third-order valence-electron chi connectivity index (χ3n) is 4.36. The number of nitrogens with one attached hydrogen (secondary N) is 2. The number of anilines is 1. The maximum atomic E-state index is 13.5. The van der Waals surface area contributed by atoms with Gasteiger partial charge in [-0.05, 0) is 62.6 Å². The number of fused-ring (bicyclic) bond motifs is 1. The molecule has 0 spiro atoms. The first-order valence-electron chi connectivity index (χ1n) is 7.99. The van der Waals surface area contributed by atoms with Crippen LogP contribution in [-0.2, 0) is 11.2 Å². The third kappa shape index (κ3) is 3.04. The minimum atomic E-state index is -0.298. The molecule has 4 heteroatoms. The normalized spacial score (nSPS) is 11.0. The van der Waals surface area contributed by atoms with Gasteiger partial charge in [-0.3, -0.25) is 4.79 Å². The second-order valence-electron chi connectivity index (χ2n) is 6.42. The van der Waals surface area contributed by atoms with Gasteiger partial charge in [0.15, 0.2) is 0 Å². The minimum absolute atomic E-state index is 0.0988. The summed E-state index contributed by atoms with van der Waals surface area (Å²) in [5, 5.41) is 3.77. The van der Waals surface area contributed by atoms with Crippen molar-refractivity contribution in [2.75, 3.05) is 5.32 Å². The molecule has 24 heavy (non-hydrogen) atoms. The van der Waals surface area contributed by atoms with E-state index in [1.807, 2.05) is 27.7 Å². The first-order valence-corrected chi connectivity index (χ1v) is 7.99. The molecule has 1 aromatic heterocycles. The second-order valence-corrected chi connectivity index (χ2v) is 6.42. The van der Waals surface area contributed by atoms with E-state index in [1.165, 1.54) is 17.7 Å². The Morgan fingerprint density at radius 2 is 1.75 bits per heavy atom. The Hall–Kier alpha value is -2.62. The second kappa shape index (κ2) is 6.11. The number of carbonyl (C=O) groups excluding carboxylic acids is 1. The summed E-state index contributed by atoms with van der Waals surface area (Å²) in [6, 6.07) is 8.70. The molecule has 0 fully saturated rings. The predicted octanol–water partition coefficient (Wildman–Crippen LogP) is 4.72. The van der Waals surface area contributed by atoms with Crippen LogP contribution in [0.3, 0.4) is 0 Å². The zero-order chi connectivity index (χ0) is 17.4. The van der Waals surface area contributed by atoms with Crippen LogP contribution in [0.2, 0.25) is 0 Å². The highest BCUT2D eigenvalue weighted by Crippen LogP contribution is 2.25. The van der Waals surface area contributed by atoms with Gasteiger partial charge in [0, 0.05) is 22.3 Å². The standard InChI is InChI=1S/C20H21FN2O/c1-11-7-12(2)20(13(3)8-11)23-19(24)10-16-14(4)22-18-6-5-15(21)9-17(16)18/h5-9,22H,10H2,1-4H3,(H,23,24). The Morgan fingerprint density at radius 3 is 2.42 bits per heavy atom. The fraction of sp³-hybridized carbons (Fsp3) is 0.250. The Labute approximate surface area is 140 Å². The molecule has 2 aromatic carbocycles. The lowest BCUT2D eigenvalue weighted by atomic mass is 10.0. The maximum Gasteiger partial charge on any atom is 0.228 e. The quantitative estimate of drug-likeness (QED) is 0.719. The van der Waals surface area contributed by atoms with Crippen molar-refractivity contribution >= 4 is 22.5 Å². The van der Waals surface area contributed by atoms with E-state index in [2.05, 4.69) is 22.4 Å². The summed E-state index contributed by atoms with van der Waals surface area (Å²) in [6.07, 6.45) is 0.210. The van der Waals surface area contributed by atoms with Gasteiger partial charge in [0.25, 0.3) is 0 Å². The summed E-state index contributed by atoms with van der Waals surface area (Å²) < 4.78 is 13.5. The summed E-state index contributed by atoms with van der Waals surface area (Å²) >= 11 is 0. The molecule has 2 N–H and O–H groups in total. The van der Waals surface area contributed by atoms with Crippen LogP contribution in [0.25, 0.3) is 10.9 Å². The monoisotopic (exact) mass is 324 g/mol. The van der Waals surface area contributed by atoms with E-state index in [9.17, 15) is 9.18 Å². The van der Waals surface area contributed by atoms with Crippen molar-refractivity contribution < 1.29 is 9.18 Å². The van der Waals surface area contributed by atoms with Gasteiger partial charge >= 0.3 is 0 Å². The van der Waals surface area contributed by atoms with E-state index in [4.69, 9.17) is 0 Å². The summed E-state index contributed by atoms with van der Waals surface area (Å²) in [7, 11) is 0. The van der Waals surface area contributed by atoms with E-state index in [0.717, 1.165) is 39.0 Å². The van der Waals surface area contributed by atoms with Crippen molar-refractivity contribution in [3.8, 4) is 0 Å². The first kappa shape index (κ1) is 16.2. The Bertz CT molecular complexity index is 917. The van der Waals surface area contributed by atoms with Crippen LogP contribution in [0.15, 0.2) is 30.3 Å². The fourth-order valence-corrected chi connectivity index (χ4v) is 3.30. The van der Waals surface area contributed by atoms with Crippen molar-refractivity contribution in [1.29, 1.82) is 0 Å². The predicted molar refractivity (Wildman–Crippen MR) is 96.0 cm³/mol. The molecule has 124 valence electrons. The molecular formula is C20H21FN2O. The maximum absolute atomic E-state index is 13.5. The lowest BCUT2D eigenvalue weighted by molar-refractivity contribution is -0.115. The summed E-state index contributed by atoms with van der Waals surface area (Å²) in [4.78, 5) is 15.7. The number of amides is 1. The number of rotatable bonds is 3. The molecule has 3 rings (SSSR count). The average Bonchev–Trinajstić information content (AvgIpc) is 2.79. The molecule has 0 aliphatic heterocycles. The van der Waals surface area contributed by atoms with Crippen LogP contribution in [0.4, 0.5) is 10.1 Å². The Morgan fingerprint density at radius 1 is 1.08 bits per heavy atom. The van der Waals surface area contributed by atoms with Gasteiger partial charge in [-0.2, -0.15) is 0 Å². The van der Waals surface area contributed by atoms with Gasteiger partial charge in [0.1, 0.15) is 5.82 Å². The number of hydrogen-bond donors (Lipinski definition) is 2. The fourth-order valence-electron chi connectivity index (χ4n) is 3.30. The lowest BCUT2D eigenvalue weighted by Gasteiger charge is -2.13. The third-order valence-corrected chi connectivity index (χ3v) is 4.36. The molecule has 0 aliphatic carbocycles. The Balaban J connectivity index is 1.88. The van der Waals surface area contributed by atoms with E-state index < -0.39 is 0 Å². The zero-order valence-corrected chi connectivity index (χ0v) is 14.4. The Kier molecular flexibility index (Phi) is 4.14. The van der Waals surface area contributed by atoms with E-state index in [1.54, 1.807) is 6.07 Å². The van der Waals surface area contributed by atoms with Crippen LogP contribution in [0.1, 0.15) is 27.9 Å². The molecule has 0 saturated heterocycles. The van der Waals surface area contributed by atoms with Gasteiger partial charge in [-0.15, -0.1) is 0 Å². The topological polar surface area (TPSA) is 44.9 Å². The molecular weight excluding hydrogens is 303 g/mol. The minimum Gasteiger partial charge on any atom is -0.358 e. The van der Waals surface area contributed by atoms with Crippen LogP contribution in [0, 0.1) is 33.5 Å². The van der Waals surface area contributed by atoms with Crippen molar-refractivity contribution in [2.45, 2.75) is 34.1 Å². The molecule has 0 unspecified atom stereocenters. The van der Waals surface area contributed by atoms with Crippen LogP contribution < -0.4 is 5.32 Å². The number of aromatic nitrogens is 1.